The molecule has 1 saturated heterocycles. The second-order valence-corrected chi connectivity index (χ2v) is 11.0. The number of rotatable bonds is 7. The molecule has 190 valence electrons. The molecule has 2 heterocycles. The van der Waals surface area contributed by atoms with Gasteiger partial charge in [-0.2, -0.15) is 0 Å². The lowest BCUT2D eigenvalue weighted by Crippen LogP contribution is -2.51. The molecular formula is C27H32N4O4S. The van der Waals surface area contributed by atoms with Crippen LogP contribution in [0.25, 0.3) is 10.8 Å². The minimum atomic E-state index is -3.85. The minimum absolute atomic E-state index is 0.0132. The van der Waals surface area contributed by atoms with Gasteiger partial charge in [-0.15, -0.1) is 0 Å². The molecule has 1 aromatic heterocycles. The Labute approximate surface area is 212 Å². The van der Waals surface area contributed by atoms with Crippen LogP contribution in [0.1, 0.15) is 49.2 Å². The SMILES string of the molecule is CCCC(=O)N1CCC(NS(=O)(=O)c2ccc(NC(=O)c3ncccc3C)c3ccccc23)C(C)C1. The smallest absolute Gasteiger partial charge is 0.274 e. The lowest BCUT2D eigenvalue weighted by atomic mass is 9.94. The number of likely N-dealkylation sites (tertiary alicyclic amines) is 1. The number of carbonyl (C=O) groups excluding carboxylic acids is 2. The van der Waals surface area contributed by atoms with Gasteiger partial charge in [0.2, 0.25) is 15.9 Å². The fourth-order valence-corrected chi connectivity index (χ4v) is 6.29. The second kappa shape index (κ2) is 10.8. The third-order valence-electron chi connectivity index (χ3n) is 6.67. The van der Waals surface area contributed by atoms with Crippen molar-refractivity contribution in [3.8, 4) is 0 Å². The van der Waals surface area contributed by atoms with Crippen LogP contribution in [0.4, 0.5) is 5.69 Å². The molecule has 1 aliphatic rings. The predicted molar refractivity (Wildman–Crippen MR) is 140 cm³/mol. The molecule has 0 saturated carbocycles. The Morgan fingerprint density at radius 3 is 2.53 bits per heavy atom. The van der Waals surface area contributed by atoms with Crippen molar-refractivity contribution in [1.82, 2.24) is 14.6 Å². The highest BCUT2D eigenvalue weighted by Crippen LogP contribution is 2.31. The molecule has 9 heteroatoms. The fourth-order valence-electron chi connectivity index (χ4n) is 4.70. The topological polar surface area (TPSA) is 108 Å². The van der Waals surface area contributed by atoms with E-state index >= 15 is 0 Å². The lowest BCUT2D eigenvalue weighted by molar-refractivity contribution is -0.133. The average molecular weight is 509 g/mol. The number of anilines is 1. The van der Waals surface area contributed by atoms with Crippen molar-refractivity contribution in [2.45, 2.75) is 51.0 Å². The monoisotopic (exact) mass is 508 g/mol. The molecule has 0 spiro atoms. The van der Waals surface area contributed by atoms with Gasteiger partial charge in [0.25, 0.3) is 5.91 Å². The van der Waals surface area contributed by atoms with Crippen molar-refractivity contribution in [3.05, 3.63) is 66.0 Å². The number of benzene rings is 2. The summed E-state index contributed by atoms with van der Waals surface area (Å²) in [6.45, 7) is 6.82. The van der Waals surface area contributed by atoms with Crippen LogP contribution in [0.5, 0.6) is 0 Å². The number of fused-ring (bicyclic) bond motifs is 1. The highest BCUT2D eigenvalue weighted by atomic mass is 32.2. The van der Waals surface area contributed by atoms with E-state index in [1.807, 2.05) is 31.7 Å². The van der Waals surface area contributed by atoms with Crippen molar-refractivity contribution in [1.29, 1.82) is 0 Å². The highest BCUT2D eigenvalue weighted by Gasteiger charge is 2.32. The molecule has 2 amide bonds. The predicted octanol–water partition coefficient (Wildman–Crippen LogP) is 4.11. The van der Waals surface area contributed by atoms with Gasteiger partial charge >= 0.3 is 0 Å². The van der Waals surface area contributed by atoms with Crippen molar-refractivity contribution in [2.75, 3.05) is 18.4 Å². The zero-order valence-electron chi connectivity index (χ0n) is 20.8. The molecule has 36 heavy (non-hydrogen) atoms. The molecule has 0 radical (unpaired) electrons. The zero-order valence-corrected chi connectivity index (χ0v) is 21.6. The summed E-state index contributed by atoms with van der Waals surface area (Å²) in [6.07, 6.45) is 3.43. The molecular weight excluding hydrogens is 476 g/mol. The first-order chi connectivity index (χ1) is 17.2. The van der Waals surface area contributed by atoms with Gasteiger partial charge in [-0.1, -0.05) is 44.2 Å². The number of carbonyl (C=O) groups is 2. The van der Waals surface area contributed by atoms with E-state index in [-0.39, 0.29) is 28.7 Å². The number of aromatic nitrogens is 1. The van der Waals surface area contributed by atoms with Crippen LogP contribution in [-0.2, 0) is 14.8 Å². The number of nitrogens with zero attached hydrogens (tertiary/aromatic N) is 2. The summed E-state index contributed by atoms with van der Waals surface area (Å²) < 4.78 is 29.9. The maximum absolute atomic E-state index is 13.5. The molecule has 8 nitrogen and oxygen atoms in total. The Balaban J connectivity index is 1.57. The second-order valence-electron chi connectivity index (χ2n) is 9.36. The van der Waals surface area contributed by atoms with Crippen LogP contribution < -0.4 is 10.0 Å². The van der Waals surface area contributed by atoms with Crippen molar-refractivity contribution in [2.24, 2.45) is 5.92 Å². The van der Waals surface area contributed by atoms with E-state index < -0.39 is 10.0 Å². The third kappa shape index (κ3) is 5.42. The molecule has 2 aromatic carbocycles. The van der Waals surface area contributed by atoms with Crippen LogP contribution in [0, 0.1) is 12.8 Å². The molecule has 2 N–H and O–H groups in total. The number of sulfonamides is 1. The van der Waals surface area contributed by atoms with Gasteiger partial charge in [0.1, 0.15) is 5.69 Å². The summed E-state index contributed by atoms with van der Waals surface area (Å²) in [5, 5.41) is 4.02. The Morgan fingerprint density at radius 2 is 1.83 bits per heavy atom. The highest BCUT2D eigenvalue weighted by molar-refractivity contribution is 7.89. The van der Waals surface area contributed by atoms with E-state index in [0.29, 0.717) is 48.1 Å². The Kier molecular flexibility index (Phi) is 7.70. The molecule has 2 unspecified atom stereocenters. The van der Waals surface area contributed by atoms with E-state index in [4.69, 9.17) is 0 Å². The van der Waals surface area contributed by atoms with E-state index in [2.05, 4.69) is 15.0 Å². The van der Waals surface area contributed by atoms with Gasteiger partial charge in [0, 0.05) is 48.2 Å². The molecule has 1 aliphatic heterocycles. The summed E-state index contributed by atoms with van der Waals surface area (Å²) >= 11 is 0. The maximum Gasteiger partial charge on any atom is 0.274 e. The number of hydrogen-bond donors (Lipinski definition) is 2. The van der Waals surface area contributed by atoms with Crippen molar-refractivity contribution < 1.29 is 18.0 Å². The van der Waals surface area contributed by atoms with Gasteiger partial charge in [-0.25, -0.2) is 13.1 Å². The van der Waals surface area contributed by atoms with Crippen LogP contribution in [-0.4, -0.2) is 49.2 Å². The van der Waals surface area contributed by atoms with E-state index in [9.17, 15) is 18.0 Å². The molecule has 0 aliphatic carbocycles. The number of aryl methyl sites for hydroxylation is 1. The third-order valence-corrected chi connectivity index (χ3v) is 8.22. The largest absolute Gasteiger partial charge is 0.342 e. The molecule has 0 bridgehead atoms. The molecule has 3 aromatic rings. The van der Waals surface area contributed by atoms with Gasteiger partial charge in [-0.05, 0) is 49.4 Å². The number of hydrogen-bond acceptors (Lipinski definition) is 5. The lowest BCUT2D eigenvalue weighted by Gasteiger charge is -2.37. The number of nitrogens with one attached hydrogen (secondary N) is 2. The number of amides is 2. The van der Waals surface area contributed by atoms with Gasteiger partial charge in [-0.3, -0.25) is 14.6 Å². The fraction of sp³-hybridized carbons (Fsp3) is 0.370. The first kappa shape index (κ1) is 25.8. The standard InChI is InChI=1S/C27H32N4O4S/c1-4-8-25(32)31-16-14-22(19(3)17-31)30-36(34,35)24-13-12-23(20-10-5-6-11-21(20)24)29-27(33)26-18(2)9-7-15-28-26/h5-7,9-13,15,19,22,30H,4,8,14,16-17H2,1-3H3,(H,29,33). The Hall–Kier alpha value is -3.30. The summed E-state index contributed by atoms with van der Waals surface area (Å²) in [4.78, 5) is 31.3. The average Bonchev–Trinajstić information content (AvgIpc) is 2.85. The van der Waals surface area contributed by atoms with E-state index in [1.165, 1.54) is 6.07 Å². The Morgan fingerprint density at radius 1 is 1.08 bits per heavy atom. The van der Waals surface area contributed by atoms with Crippen molar-refractivity contribution >= 4 is 38.3 Å². The van der Waals surface area contributed by atoms with Crippen LogP contribution in [0.2, 0.25) is 0 Å². The van der Waals surface area contributed by atoms with Crippen LogP contribution in [0.3, 0.4) is 0 Å². The van der Waals surface area contributed by atoms with E-state index in [0.717, 1.165) is 12.0 Å². The van der Waals surface area contributed by atoms with Gasteiger partial charge < -0.3 is 10.2 Å². The molecule has 1 fully saturated rings. The van der Waals surface area contributed by atoms with Gasteiger partial charge in [0.15, 0.2) is 0 Å². The molecule has 2 atom stereocenters. The summed E-state index contributed by atoms with van der Waals surface area (Å²) in [5.74, 6) is -0.249. The first-order valence-electron chi connectivity index (χ1n) is 12.3. The minimum Gasteiger partial charge on any atom is -0.342 e. The number of piperidine rings is 1. The first-order valence-corrected chi connectivity index (χ1v) is 13.7. The van der Waals surface area contributed by atoms with Crippen molar-refractivity contribution in [3.63, 3.8) is 0 Å². The maximum atomic E-state index is 13.5. The van der Waals surface area contributed by atoms with E-state index in [1.54, 1.807) is 42.6 Å². The normalized spacial score (nSPS) is 18.2. The summed E-state index contributed by atoms with van der Waals surface area (Å²) in [7, 11) is -3.85. The van der Waals surface area contributed by atoms with Gasteiger partial charge in [0.05, 0.1) is 4.90 Å². The van der Waals surface area contributed by atoms with Crippen LogP contribution in [0.15, 0.2) is 59.6 Å². The number of pyridine rings is 1. The quantitative estimate of drug-likeness (QED) is 0.499. The van der Waals surface area contributed by atoms with Crippen LogP contribution >= 0.6 is 0 Å². The molecule has 4 rings (SSSR count). The summed E-state index contributed by atoms with van der Waals surface area (Å²) in [5.41, 5.74) is 1.58. The Bertz CT molecular complexity index is 1390. The zero-order chi connectivity index (χ0) is 25.9. The summed E-state index contributed by atoms with van der Waals surface area (Å²) in [6, 6.07) is 13.5.